The molecule has 0 saturated heterocycles. The molecule has 1 heterocycles. The second-order valence-corrected chi connectivity index (χ2v) is 5.00. The average Bonchev–Trinajstić information content (AvgIpc) is 2.63. The number of anilines is 1. The lowest BCUT2D eigenvalue weighted by molar-refractivity contribution is -0.112. The topological polar surface area (TPSA) is 56.0 Å². The number of nitrogens with zero attached hydrogens (tertiary/aromatic N) is 2. The van der Waals surface area contributed by atoms with Crippen molar-refractivity contribution in [2.45, 2.75) is 20.8 Å². The number of hydrogen-bond acceptors (Lipinski definition) is 3. The van der Waals surface area contributed by atoms with Crippen LogP contribution in [0.25, 0.3) is 5.69 Å². The Morgan fingerprint density at radius 3 is 2.38 bits per heavy atom. The molecule has 0 unspecified atom stereocenters. The summed E-state index contributed by atoms with van der Waals surface area (Å²) in [6.07, 6.45) is 1.47. The highest BCUT2D eigenvalue weighted by atomic mass is 16.1. The molecular formula is C16H19N3O2. The third kappa shape index (κ3) is 2.97. The summed E-state index contributed by atoms with van der Waals surface area (Å²) in [6, 6.07) is 9.44. The van der Waals surface area contributed by atoms with Crippen LogP contribution < -0.4 is 10.9 Å². The van der Waals surface area contributed by atoms with E-state index in [1.165, 1.54) is 13.0 Å². The smallest absolute Gasteiger partial charge is 0.295 e. The van der Waals surface area contributed by atoms with E-state index in [9.17, 15) is 9.59 Å². The molecule has 0 spiro atoms. The van der Waals surface area contributed by atoms with E-state index in [1.54, 1.807) is 16.3 Å². The van der Waals surface area contributed by atoms with Crippen molar-refractivity contribution < 1.29 is 4.79 Å². The maximum absolute atomic E-state index is 12.6. The van der Waals surface area contributed by atoms with Crippen LogP contribution in [0, 0.1) is 6.92 Å². The number of carbonyl (C=O) groups excluding carboxylic acids is 1. The number of benzene rings is 1. The Hall–Kier alpha value is -2.56. The molecule has 1 aromatic carbocycles. The zero-order chi connectivity index (χ0) is 15.6. The lowest BCUT2D eigenvalue weighted by atomic mass is 10.3. The minimum absolute atomic E-state index is 0.0584. The van der Waals surface area contributed by atoms with Crippen molar-refractivity contribution in [3.8, 4) is 5.69 Å². The average molecular weight is 285 g/mol. The van der Waals surface area contributed by atoms with E-state index in [0.717, 1.165) is 11.4 Å². The molecule has 0 radical (unpaired) electrons. The van der Waals surface area contributed by atoms with Gasteiger partial charge in [-0.1, -0.05) is 18.2 Å². The van der Waals surface area contributed by atoms with Gasteiger partial charge >= 0.3 is 0 Å². The summed E-state index contributed by atoms with van der Waals surface area (Å²) in [5, 5.41) is 3.03. The molecule has 0 saturated carbocycles. The molecule has 1 aromatic heterocycles. The Labute approximate surface area is 123 Å². The molecule has 5 heteroatoms. The molecule has 2 aromatic rings. The molecule has 0 bridgehead atoms. The summed E-state index contributed by atoms with van der Waals surface area (Å²) in [5.41, 5.74) is 2.59. The molecule has 0 aliphatic heterocycles. The Bertz CT molecular complexity index is 752. The Kier molecular flexibility index (Phi) is 4.12. The first kappa shape index (κ1) is 14.8. The van der Waals surface area contributed by atoms with E-state index in [-0.39, 0.29) is 11.3 Å². The van der Waals surface area contributed by atoms with Crippen LogP contribution in [-0.2, 0) is 11.8 Å². The highest BCUT2D eigenvalue weighted by molar-refractivity contribution is 5.88. The van der Waals surface area contributed by atoms with Gasteiger partial charge in [0.05, 0.1) is 11.4 Å². The molecule has 0 aliphatic carbocycles. The lowest BCUT2D eigenvalue weighted by Gasteiger charge is -2.07. The molecule has 5 nitrogen and oxygen atoms in total. The number of allylic oxidation sites excluding steroid dienone is 2. The van der Waals surface area contributed by atoms with Gasteiger partial charge in [-0.05, 0) is 39.0 Å². The fourth-order valence-electron chi connectivity index (χ4n) is 2.25. The van der Waals surface area contributed by atoms with Gasteiger partial charge in [0.15, 0.2) is 5.78 Å². The molecule has 21 heavy (non-hydrogen) atoms. The summed E-state index contributed by atoms with van der Waals surface area (Å²) in [4.78, 5) is 23.7. The minimum Gasteiger partial charge on any atom is -0.353 e. The second-order valence-electron chi connectivity index (χ2n) is 5.00. The standard InChI is InChI=1S/C16H19N3O2/c1-11(10-12(2)20)17-15-13(3)18(4)19(16(15)21)14-8-6-5-7-9-14/h5-10,17H,1-4H3/b11-10-. The molecule has 0 aliphatic rings. The van der Waals surface area contributed by atoms with Crippen molar-refractivity contribution in [2.24, 2.45) is 7.05 Å². The Balaban J connectivity index is 2.52. The number of aromatic nitrogens is 2. The van der Waals surface area contributed by atoms with Crippen molar-refractivity contribution >= 4 is 11.5 Å². The van der Waals surface area contributed by atoms with Gasteiger partial charge in [0.1, 0.15) is 5.69 Å². The first-order valence-electron chi connectivity index (χ1n) is 6.71. The highest BCUT2D eigenvalue weighted by Crippen LogP contribution is 2.15. The van der Waals surface area contributed by atoms with Crippen LogP contribution in [-0.4, -0.2) is 15.1 Å². The van der Waals surface area contributed by atoms with Crippen molar-refractivity contribution in [3.63, 3.8) is 0 Å². The van der Waals surface area contributed by atoms with Gasteiger partial charge in [-0.25, -0.2) is 4.68 Å². The normalized spacial score (nSPS) is 11.5. The first-order valence-corrected chi connectivity index (χ1v) is 6.71. The van der Waals surface area contributed by atoms with Crippen LogP contribution in [0.4, 0.5) is 5.69 Å². The number of para-hydroxylation sites is 1. The van der Waals surface area contributed by atoms with Crippen LogP contribution >= 0.6 is 0 Å². The molecule has 0 fully saturated rings. The van der Waals surface area contributed by atoms with Gasteiger partial charge in [-0.3, -0.25) is 14.3 Å². The van der Waals surface area contributed by atoms with Crippen molar-refractivity contribution in [1.82, 2.24) is 9.36 Å². The molecular weight excluding hydrogens is 266 g/mol. The molecule has 0 amide bonds. The van der Waals surface area contributed by atoms with Gasteiger partial charge < -0.3 is 5.32 Å². The highest BCUT2D eigenvalue weighted by Gasteiger charge is 2.15. The van der Waals surface area contributed by atoms with Crippen LogP contribution in [0.1, 0.15) is 19.5 Å². The van der Waals surface area contributed by atoms with E-state index in [2.05, 4.69) is 5.32 Å². The van der Waals surface area contributed by atoms with E-state index in [0.29, 0.717) is 11.4 Å². The molecule has 110 valence electrons. The van der Waals surface area contributed by atoms with Gasteiger partial charge in [0.25, 0.3) is 5.56 Å². The van der Waals surface area contributed by atoms with Gasteiger partial charge in [0, 0.05) is 12.7 Å². The molecule has 1 N–H and O–H groups in total. The third-order valence-electron chi connectivity index (χ3n) is 3.30. The quantitative estimate of drug-likeness (QED) is 0.878. The predicted octanol–water partition coefficient (Wildman–Crippen LogP) is 2.39. The second kappa shape index (κ2) is 5.83. The van der Waals surface area contributed by atoms with Crippen molar-refractivity contribution in [1.29, 1.82) is 0 Å². The first-order chi connectivity index (χ1) is 9.91. The zero-order valence-corrected chi connectivity index (χ0v) is 12.7. The van der Waals surface area contributed by atoms with Crippen LogP contribution in [0.5, 0.6) is 0 Å². The number of rotatable bonds is 4. The van der Waals surface area contributed by atoms with Crippen molar-refractivity contribution in [2.75, 3.05) is 5.32 Å². The number of hydrogen-bond donors (Lipinski definition) is 1. The van der Waals surface area contributed by atoms with Gasteiger partial charge in [0.2, 0.25) is 0 Å². The molecule has 2 rings (SSSR count). The third-order valence-corrected chi connectivity index (χ3v) is 3.30. The summed E-state index contributed by atoms with van der Waals surface area (Å²) < 4.78 is 3.39. The number of ketones is 1. The maximum atomic E-state index is 12.6. The summed E-state index contributed by atoms with van der Waals surface area (Å²) >= 11 is 0. The fraction of sp³-hybridized carbons (Fsp3) is 0.250. The number of carbonyl (C=O) groups is 1. The van der Waals surface area contributed by atoms with Gasteiger partial charge in [-0.2, -0.15) is 0 Å². The van der Waals surface area contributed by atoms with Gasteiger partial charge in [-0.15, -0.1) is 0 Å². The predicted molar refractivity (Wildman–Crippen MR) is 83.8 cm³/mol. The lowest BCUT2D eigenvalue weighted by Crippen LogP contribution is -2.20. The summed E-state index contributed by atoms with van der Waals surface area (Å²) in [7, 11) is 1.83. The summed E-state index contributed by atoms with van der Waals surface area (Å²) in [5.74, 6) is -0.0584. The fourth-order valence-corrected chi connectivity index (χ4v) is 2.25. The van der Waals surface area contributed by atoms with Crippen LogP contribution in [0.3, 0.4) is 0 Å². The van der Waals surface area contributed by atoms with E-state index in [4.69, 9.17) is 0 Å². The minimum atomic E-state index is -0.141. The van der Waals surface area contributed by atoms with E-state index in [1.807, 2.05) is 44.3 Å². The van der Waals surface area contributed by atoms with Crippen LogP contribution in [0.15, 0.2) is 46.9 Å². The SMILES string of the molecule is CC(=O)/C=C(/C)Nc1c(C)n(C)n(-c2ccccc2)c1=O. The van der Waals surface area contributed by atoms with Crippen LogP contribution in [0.2, 0.25) is 0 Å². The van der Waals surface area contributed by atoms with E-state index < -0.39 is 0 Å². The summed E-state index contributed by atoms with van der Waals surface area (Å²) in [6.45, 7) is 5.11. The van der Waals surface area contributed by atoms with E-state index >= 15 is 0 Å². The monoisotopic (exact) mass is 285 g/mol. The Morgan fingerprint density at radius 1 is 1.19 bits per heavy atom. The maximum Gasteiger partial charge on any atom is 0.295 e. The molecule has 0 atom stereocenters. The Morgan fingerprint density at radius 2 is 1.81 bits per heavy atom. The largest absolute Gasteiger partial charge is 0.353 e. The number of nitrogens with one attached hydrogen (secondary N) is 1. The van der Waals surface area contributed by atoms with Crippen molar-refractivity contribution in [3.05, 3.63) is 58.2 Å². The zero-order valence-electron chi connectivity index (χ0n) is 12.7.